The Hall–Kier alpha value is -0.960. The minimum atomic E-state index is -3.54. The van der Waals surface area contributed by atoms with Crippen LogP contribution in [0.4, 0.5) is 5.13 Å². The molecule has 2 rings (SSSR count). The minimum absolute atomic E-state index is 0.321. The van der Waals surface area contributed by atoms with Crippen molar-refractivity contribution >= 4 is 37.8 Å². The molecular formula is C13H19N3O2S3. The Balaban J connectivity index is 2.15. The molecule has 0 aliphatic carbocycles. The van der Waals surface area contributed by atoms with Crippen LogP contribution in [0, 0.1) is 6.92 Å². The van der Waals surface area contributed by atoms with Gasteiger partial charge in [0.1, 0.15) is 4.21 Å². The standard InChI is InChI=1S/C13H19N3O2S3/c1-4-11-9(3)19-13(15-11)16-21(17,18)12-7-6-10(20-12)8-14-5-2/h6-7,14H,4-5,8H2,1-3H3,(H,15,16). The van der Waals surface area contributed by atoms with Gasteiger partial charge in [0.05, 0.1) is 5.69 Å². The van der Waals surface area contributed by atoms with Crippen molar-refractivity contribution in [1.29, 1.82) is 0 Å². The Morgan fingerprint density at radius 3 is 2.62 bits per heavy atom. The fourth-order valence-corrected chi connectivity index (χ4v) is 5.27. The van der Waals surface area contributed by atoms with E-state index in [0.29, 0.717) is 15.9 Å². The van der Waals surface area contributed by atoms with Gasteiger partial charge in [-0.2, -0.15) is 0 Å². The van der Waals surface area contributed by atoms with Crippen molar-refractivity contribution in [3.05, 3.63) is 27.6 Å². The number of nitrogens with one attached hydrogen (secondary N) is 2. The molecule has 2 aromatic heterocycles. The van der Waals surface area contributed by atoms with Crippen molar-refractivity contribution in [2.24, 2.45) is 0 Å². The molecule has 2 heterocycles. The summed E-state index contributed by atoms with van der Waals surface area (Å²) in [7, 11) is -3.54. The quantitative estimate of drug-likeness (QED) is 0.809. The largest absolute Gasteiger partial charge is 0.312 e. The minimum Gasteiger partial charge on any atom is -0.312 e. The highest BCUT2D eigenvalue weighted by molar-refractivity contribution is 7.94. The van der Waals surface area contributed by atoms with Gasteiger partial charge in [-0.25, -0.2) is 13.4 Å². The van der Waals surface area contributed by atoms with E-state index in [9.17, 15) is 8.42 Å². The second-order valence-electron chi connectivity index (χ2n) is 4.48. The first-order chi connectivity index (χ1) is 9.96. The average Bonchev–Trinajstić information content (AvgIpc) is 3.03. The lowest BCUT2D eigenvalue weighted by Gasteiger charge is -2.02. The number of aromatic nitrogens is 1. The third-order valence-electron chi connectivity index (χ3n) is 2.90. The Morgan fingerprint density at radius 1 is 1.24 bits per heavy atom. The summed E-state index contributed by atoms with van der Waals surface area (Å²) in [6.45, 7) is 7.52. The second kappa shape index (κ2) is 6.87. The van der Waals surface area contributed by atoms with Gasteiger partial charge in [-0.1, -0.05) is 13.8 Å². The van der Waals surface area contributed by atoms with E-state index in [2.05, 4.69) is 15.0 Å². The van der Waals surface area contributed by atoms with E-state index in [0.717, 1.165) is 28.4 Å². The highest BCUT2D eigenvalue weighted by Crippen LogP contribution is 2.27. The van der Waals surface area contributed by atoms with Gasteiger partial charge in [0.25, 0.3) is 10.0 Å². The molecule has 0 amide bonds. The lowest BCUT2D eigenvalue weighted by molar-refractivity contribution is 0.603. The van der Waals surface area contributed by atoms with Crippen LogP contribution in [0.1, 0.15) is 29.3 Å². The van der Waals surface area contributed by atoms with E-state index in [1.165, 1.54) is 22.7 Å². The van der Waals surface area contributed by atoms with Crippen LogP contribution < -0.4 is 10.0 Å². The molecule has 0 fully saturated rings. The number of hydrogen-bond acceptors (Lipinski definition) is 6. The molecule has 2 aromatic rings. The second-order valence-corrected chi connectivity index (χ2v) is 8.76. The summed E-state index contributed by atoms with van der Waals surface area (Å²) in [5, 5.41) is 3.62. The normalized spacial score (nSPS) is 11.8. The number of anilines is 1. The van der Waals surface area contributed by atoms with Crippen molar-refractivity contribution in [2.45, 2.75) is 37.9 Å². The maximum Gasteiger partial charge on any atom is 0.273 e. The van der Waals surface area contributed by atoms with Crippen molar-refractivity contribution < 1.29 is 8.42 Å². The molecule has 0 aliphatic rings. The molecule has 0 spiro atoms. The maximum absolute atomic E-state index is 12.3. The number of thiophene rings is 1. The summed E-state index contributed by atoms with van der Waals surface area (Å²) in [5.74, 6) is 0. The van der Waals surface area contributed by atoms with Crippen LogP contribution in [-0.4, -0.2) is 19.9 Å². The van der Waals surface area contributed by atoms with Crippen molar-refractivity contribution in [3.63, 3.8) is 0 Å². The molecule has 8 heteroatoms. The van der Waals surface area contributed by atoms with E-state index in [1.54, 1.807) is 6.07 Å². The van der Waals surface area contributed by atoms with Gasteiger partial charge in [0.15, 0.2) is 5.13 Å². The fourth-order valence-electron chi connectivity index (χ4n) is 1.81. The summed E-state index contributed by atoms with van der Waals surface area (Å²) < 4.78 is 27.6. The maximum atomic E-state index is 12.3. The first-order valence-corrected chi connectivity index (χ1v) is 9.86. The van der Waals surface area contributed by atoms with E-state index < -0.39 is 10.0 Å². The predicted molar refractivity (Wildman–Crippen MR) is 88.7 cm³/mol. The first-order valence-electron chi connectivity index (χ1n) is 6.74. The van der Waals surface area contributed by atoms with Crippen LogP contribution in [0.15, 0.2) is 16.3 Å². The Morgan fingerprint density at radius 2 is 2.00 bits per heavy atom. The van der Waals surface area contributed by atoms with E-state index in [1.807, 2.05) is 26.8 Å². The zero-order valence-corrected chi connectivity index (χ0v) is 14.7. The summed E-state index contributed by atoms with van der Waals surface area (Å²) in [4.78, 5) is 6.37. The summed E-state index contributed by atoms with van der Waals surface area (Å²) in [6.07, 6.45) is 0.801. The van der Waals surface area contributed by atoms with Crippen LogP contribution in [0.25, 0.3) is 0 Å². The van der Waals surface area contributed by atoms with E-state index in [-0.39, 0.29) is 0 Å². The van der Waals surface area contributed by atoms with Crippen LogP contribution >= 0.6 is 22.7 Å². The number of rotatable bonds is 7. The van der Waals surface area contributed by atoms with Crippen molar-refractivity contribution in [3.8, 4) is 0 Å². The molecule has 2 N–H and O–H groups in total. The molecule has 5 nitrogen and oxygen atoms in total. The van der Waals surface area contributed by atoms with Crippen LogP contribution in [0.3, 0.4) is 0 Å². The molecule has 21 heavy (non-hydrogen) atoms. The van der Waals surface area contributed by atoms with Crippen LogP contribution in [0.5, 0.6) is 0 Å². The Kier molecular flexibility index (Phi) is 5.37. The topological polar surface area (TPSA) is 71.1 Å². The number of nitrogens with zero attached hydrogens (tertiary/aromatic N) is 1. The monoisotopic (exact) mass is 345 g/mol. The van der Waals surface area contributed by atoms with Crippen molar-refractivity contribution in [1.82, 2.24) is 10.3 Å². The predicted octanol–water partition coefficient (Wildman–Crippen LogP) is 2.99. The average molecular weight is 346 g/mol. The molecule has 0 bridgehead atoms. The van der Waals surface area contributed by atoms with Gasteiger partial charge in [0, 0.05) is 16.3 Å². The zero-order chi connectivity index (χ0) is 15.5. The molecule has 0 unspecified atom stereocenters. The third kappa shape index (κ3) is 4.03. The van der Waals surface area contributed by atoms with Gasteiger partial charge in [-0.15, -0.1) is 22.7 Å². The molecule has 0 saturated heterocycles. The van der Waals surface area contributed by atoms with Gasteiger partial charge in [-0.3, -0.25) is 4.72 Å². The number of thiazole rings is 1. The van der Waals surface area contributed by atoms with Crippen LogP contribution in [0.2, 0.25) is 0 Å². The lowest BCUT2D eigenvalue weighted by atomic mass is 10.3. The first kappa shape index (κ1) is 16.4. The Labute approximate surface area is 133 Å². The molecule has 0 radical (unpaired) electrons. The highest BCUT2D eigenvalue weighted by Gasteiger charge is 2.19. The summed E-state index contributed by atoms with van der Waals surface area (Å²) in [6, 6.07) is 3.48. The number of hydrogen-bond donors (Lipinski definition) is 2. The molecule has 116 valence electrons. The van der Waals surface area contributed by atoms with Crippen molar-refractivity contribution in [2.75, 3.05) is 11.3 Å². The molecular weight excluding hydrogens is 326 g/mol. The molecule has 0 atom stereocenters. The summed E-state index contributed by atoms with van der Waals surface area (Å²) >= 11 is 2.65. The van der Waals surface area contributed by atoms with Crippen LogP contribution in [-0.2, 0) is 23.0 Å². The lowest BCUT2D eigenvalue weighted by Crippen LogP contribution is -2.11. The van der Waals surface area contributed by atoms with E-state index >= 15 is 0 Å². The molecule has 0 aliphatic heterocycles. The van der Waals surface area contributed by atoms with Gasteiger partial charge in [-0.05, 0) is 32.0 Å². The fraction of sp³-hybridized carbons (Fsp3) is 0.462. The van der Waals surface area contributed by atoms with Gasteiger partial charge < -0.3 is 5.32 Å². The number of aryl methyl sites for hydroxylation is 2. The van der Waals surface area contributed by atoms with Gasteiger partial charge in [0.2, 0.25) is 0 Å². The van der Waals surface area contributed by atoms with Gasteiger partial charge >= 0.3 is 0 Å². The zero-order valence-electron chi connectivity index (χ0n) is 12.3. The SMILES string of the molecule is CCNCc1ccc(S(=O)(=O)Nc2nc(CC)c(C)s2)s1. The number of sulfonamides is 1. The molecule has 0 saturated carbocycles. The van der Waals surface area contributed by atoms with E-state index in [4.69, 9.17) is 0 Å². The molecule has 0 aromatic carbocycles. The smallest absolute Gasteiger partial charge is 0.273 e. The highest BCUT2D eigenvalue weighted by atomic mass is 32.2. The Bertz CT molecular complexity index is 704. The third-order valence-corrected chi connectivity index (χ3v) is 6.87. The summed E-state index contributed by atoms with van der Waals surface area (Å²) in [5.41, 5.74) is 0.941.